The van der Waals surface area contributed by atoms with Crippen LogP contribution in [0.5, 0.6) is 0 Å². The molecule has 0 spiro atoms. The third-order valence-electron chi connectivity index (χ3n) is 1.77. The molecular weight excluding hydrogens is 136 g/mol. The molecule has 0 atom stereocenters. The molecule has 0 aromatic carbocycles. The highest BCUT2D eigenvalue weighted by molar-refractivity contribution is 5.35. The fraction of sp³-hybridized carbons (Fsp3) is 0.333. The molecule has 58 valence electrons. The van der Waals surface area contributed by atoms with Gasteiger partial charge in [0.25, 0.3) is 0 Å². The van der Waals surface area contributed by atoms with E-state index >= 15 is 0 Å². The minimum absolute atomic E-state index is 1.05. The zero-order chi connectivity index (χ0) is 8.43. The van der Waals surface area contributed by atoms with Gasteiger partial charge in [-0.15, -0.1) is 0 Å². The van der Waals surface area contributed by atoms with Gasteiger partial charge < -0.3 is 0 Å². The first-order valence-electron chi connectivity index (χ1n) is 3.58. The van der Waals surface area contributed by atoms with Crippen molar-refractivity contribution in [2.75, 3.05) is 7.05 Å². The zero-order valence-electron chi connectivity index (χ0n) is 7.26. The van der Waals surface area contributed by atoms with E-state index in [-0.39, 0.29) is 0 Å². The van der Waals surface area contributed by atoms with E-state index in [9.17, 15) is 0 Å². The molecule has 0 unspecified atom stereocenters. The predicted molar refractivity (Wildman–Crippen MR) is 46.7 cm³/mol. The monoisotopic (exact) mass is 149 g/mol. The number of rotatable bonds is 1. The quantitative estimate of drug-likeness (QED) is 0.438. The number of pyridine rings is 1. The van der Waals surface area contributed by atoms with Crippen LogP contribution in [0.3, 0.4) is 0 Å². The second-order valence-corrected chi connectivity index (χ2v) is 2.79. The lowest BCUT2D eigenvalue weighted by Crippen LogP contribution is -1.95. The molecular formula is C9H13N2+. The Bertz CT molecular complexity index is 290. The zero-order valence-corrected chi connectivity index (χ0v) is 7.26. The van der Waals surface area contributed by atoms with Gasteiger partial charge in [-0.25, -0.2) is 4.58 Å². The van der Waals surface area contributed by atoms with Gasteiger partial charge in [0.05, 0.1) is 6.20 Å². The highest BCUT2D eigenvalue weighted by Gasteiger charge is 2.02. The summed E-state index contributed by atoms with van der Waals surface area (Å²) in [6.45, 7) is 7.83. The summed E-state index contributed by atoms with van der Waals surface area (Å²) in [6.07, 6.45) is 1.83. The average Bonchev–Trinajstić information content (AvgIpc) is 1.94. The summed E-state index contributed by atoms with van der Waals surface area (Å²) in [5, 5.41) is 0. The first-order chi connectivity index (χ1) is 5.11. The van der Waals surface area contributed by atoms with Crippen LogP contribution < -0.4 is 0 Å². The SMILES string of the molecule is C=[N+](C)c1cnc(C)c(C)c1. The van der Waals surface area contributed by atoms with Crippen LogP contribution in [0, 0.1) is 13.8 Å². The van der Waals surface area contributed by atoms with Crippen molar-refractivity contribution in [2.45, 2.75) is 13.8 Å². The van der Waals surface area contributed by atoms with E-state index in [2.05, 4.69) is 24.7 Å². The van der Waals surface area contributed by atoms with Gasteiger partial charge in [-0.2, -0.15) is 0 Å². The standard InChI is InChI=1S/C9H13N2/c1-7-5-9(11(3)4)6-10-8(7)2/h5-6H,3H2,1-2,4H3/q+1. The molecule has 1 heterocycles. The van der Waals surface area contributed by atoms with Gasteiger partial charge in [0.1, 0.15) is 13.8 Å². The van der Waals surface area contributed by atoms with Crippen LogP contribution in [-0.2, 0) is 0 Å². The minimum atomic E-state index is 1.05. The Morgan fingerprint density at radius 3 is 2.55 bits per heavy atom. The maximum atomic E-state index is 4.22. The van der Waals surface area contributed by atoms with Crippen LogP contribution in [0.25, 0.3) is 0 Å². The van der Waals surface area contributed by atoms with E-state index in [0.717, 1.165) is 11.4 Å². The van der Waals surface area contributed by atoms with E-state index in [1.165, 1.54) is 5.56 Å². The molecule has 1 aromatic rings. The second-order valence-electron chi connectivity index (χ2n) is 2.79. The summed E-state index contributed by atoms with van der Waals surface area (Å²) in [6, 6.07) is 2.08. The summed E-state index contributed by atoms with van der Waals surface area (Å²) in [5.41, 5.74) is 3.33. The Balaban J connectivity index is 3.15. The lowest BCUT2D eigenvalue weighted by Gasteiger charge is -1.98. The smallest absolute Gasteiger partial charge is 0.223 e. The van der Waals surface area contributed by atoms with Crippen molar-refractivity contribution in [3.63, 3.8) is 0 Å². The van der Waals surface area contributed by atoms with Gasteiger partial charge in [-0.1, -0.05) is 0 Å². The first-order valence-corrected chi connectivity index (χ1v) is 3.58. The number of aryl methyl sites for hydroxylation is 2. The number of aromatic nitrogens is 1. The minimum Gasteiger partial charge on any atom is -0.254 e. The van der Waals surface area contributed by atoms with E-state index in [0.29, 0.717) is 0 Å². The van der Waals surface area contributed by atoms with Crippen molar-refractivity contribution in [3.05, 3.63) is 23.5 Å². The molecule has 0 saturated carbocycles. The molecule has 11 heavy (non-hydrogen) atoms. The fourth-order valence-corrected chi connectivity index (χ4v) is 0.837. The van der Waals surface area contributed by atoms with Gasteiger partial charge in [-0.3, -0.25) is 4.98 Å². The topological polar surface area (TPSA) is 15.9 Å². The molecule has 0 aliphatic rings. The van der Waals surface area contributed by atoms with Gasteiger partial charge in [0.2, 0.25) is 5.69 Å². The Labute approximate surface area is 67.2 Å². The Morgan fingerprint density at radius 2 is 2.09 bits per heavy atom. The molecule has 0 bridgehead atoms. The summed E-state index contributed by atoms with van der Waals surface area (Å²) in [4.78, 5) is 4.22. The number of hydrogen-bond donors (Lipinski definition) is 0. The normalized spacial score (nSPS) is 9.73. The Kier molecular flexibility index (Phi) is 2.03. The van der Waals surface area contributed by atoms with Crippen LogP contribution >= 0.6 is 0 Å². The van der Waals surface area contributed by atoms with Crippen molar-refractivity contribution < 1.29 is 4.58 Å². The van der Waals surface area contributed by atoms with E-state index in [1.807, 2.05) is 20.2 Å². The summed E-state index contributed by atoms with van der Waals surface area (Å²) in [5.74, 6) is 0. The molecule has 2 nitrogen and oxygen atoms in total. The molecule has 1 rings (SSSR count). The second kappa shape index (κ2) is 2.82. The third-order valence-corrected chi connectivity index (χ3v) is 1.77. The fourth-order valence-electron chi connectivity index (χ4n) is 0.837. The lowest BCUT2D eigenvalue weighted by molar-refractivity contribution is -0.395. The highest BCUT2D eigenvalue weighted by Crippen LogP contribution is 2.11. The largest absolute Gasteiger partial charge is 0.254 e. The average molecular weight is 149 g/mol. The maximum Gasteiger partial charge on any atom is 0.223 e. The van der Waals surface area contributed by atoms with Gasteiger partial charge in [-0.05, 0) is 19.4 Å². The number of hydrogen-bond acceptors (Lipinski definition) is 1. The molecule has 0 radical (unpaired) electrons. The molecule has 0 N–H and O–H groups in total. The third kappa shape index (κ3) is 1.64. The van der Waals surface area contributed by atoms with Crippen LogP contribution in [0.1, 0.15) is 11.3 Å². The van der Waals surface area contributed by atoms with Gasteiger partial charge >= 0.3 is 0 Å². The Morgan fingerprint density at radius 1 is 1.45 bits per heavy atom. The van der Waals surface area contributed by atoms with Crippen molar-refractivity contribution in [1.29, 1.82) is 0 Å². The molecule has 0 aliphatic carbocycles. The summed E-state index contributed by atoms with van der Waals surface area (Å²) < 4.78 is 1.80. The maximum absolute atomic E-state index is 4.22. The van der Waals surface area contributed by atoms with E-state index in [1.54, 1.807) is 4.58 Å². The van der Waals surface area contributed by atoms with Crippen molar-refractivity contribution >= 4 is 12.4 Å². The molecule has 0 saturated heterocycles. The summed E-state index contributed by atoms with van der Waals surface area (Å²) >= 11 is 0. The van der Waals surface area contributed by atoms with Crippen LogP contribution in [0.4, 0.5) is 5.69 Å². The Hall–Kier alpha value is -1.18. The van der Waals surface area contributed by atoms with E-state index < -0.39 is 0 Å². The predicted octanol–water partition coefficient (Wildman–Crippen LogP) is 1.67. The first kappa shape index (κ1) is 7.92. The highest BCUT2D eigenvalue weighted by atomic mass is 15.0. The molecule has 0 amide bonds. The molecule has 2 heteroatoms. The van der Waals surface area contributed by atoms with Crippen LogP contribution in [-0.4, -0.2) is 23.3 Å². The lowest BCUT2D eigenvalue weighted by atomic mass is 10.2. The van der Waals surface area contributed by atoms with Crippen molar-refractivity contribution in [2.24, 2.45) is 0 Å². The molecule has 1 aromatic heterocycles. The van der Waals surface area contributed by atoms with E-state index in [4.69, 9.17) is 0 Å². The van der Waals surface area contributed by atoms with Gasteiger partial charge in [0, 0.05) is 11.8 Å². The van der Waals surface area contributed by atoms with Gasteiger partial charge in [0.15, 0.2) is 0 Å². The van der Waals surface area contributed by atoms with Crippen molar-refractivity contribution in [1.82, 2.24) is 4.98 Å². The van der Waals surface area contributed by atoms with Crippen molar-refractivity contribution in [3.8, 4) is 0 Å². The van der Waals surface area contributed by atoms with Crippen LogP contribution in [0.15, 0.2) is 12.3 Å². The molecule has 0 aliphatic heterocycles. The number of nitrogens with zero attached hydrogens (tertiary/aromatic N) is 2. The molecule has 0 fully saturated rings. The van der Waals surface area contributed by atoms with Crippen LogP contribution in [0.2, 0.25) is 0 Å². The summed E-state index contributed by atoms with van der Waals surface area (Å²) in [7, 11) is 1.91.